The molecule has 2 heterocycles. The summed E-state index contributed by atoms with van der Waals surface area (Å²) in [5.41, 5.74) is 1.07. The Morgan fingerprint density at radius 2 is 1.75 bits per heavy atom. The molecule has 1 aliphatic rings. The first-order valence-electron chi connectivity index (χ1n) is 8.08. The Kier molecular flexibility index (Phi) is 3.55. The van der Waals surface area contributed by atoms with Crippen LogP contribution in [-0.2, 0) is 0 Å². The van der Waals surface area contributed by atoms with Crippen molar-refractivity contribution < 1.29 is 4.42 Å². The molecule has 1 aliphatic heterocycles. The van der Waals surface area contributed by atoms with Gasteiger partial charge in [0.15, 0.2) is 5.56 Å². The molecule has 0 unspecified atom stereocenters. The Bertz CT molecular complexity index is 1010. The highest BCUT2D eigenvalue weighted by Gasteiger charge is 2.20. The Balaban J connectivity index is 1.88. The molecule has 1 aromatic heterocycles. The van der Waals surface area contributed by atoms with Crippen LogP contribution in [-0.4, -0.2) is 13.1 Å². The summed E-state index contributed by atoms with van der Waals surface area (Å²) >= 11 is 0. The van der Waals surface area contributed by atoms with Gasteiger partial charge in [-0.05, 0) is 29.7 Å². The van der Waals surface area contributed by atoms with E-state index in [9.17, 15) is 10.1 Å². The minimum atomic E-state index is -0.565. The van der Waals surface area contributed by atoms with E-state index >= 15 is 0 Å². The largest absolute Gasteiger partial charge is 0.422 e. The quantitative estimate of drug-likeness (QED) is 0.719. The molecule has 4 nitrogen and oxygen atoms in total. The number of rotatable bonds is 2. The Hall–Kier alpha value is -3.06. The molecule has 4 heteroatoms. The molecule has 0 spiro atoms. The molecule has 24 heavy (non-hydrogen) atoms. The number of anilines is 1. The van der Waals surface area contributed by atoms with Crippen molar-refractivity contribution >= 4 is 16.5 Å². The van der Waals surface area contributed by atoms with Gasteiger partial charge in [0, 0.05) is 24.7 Å². The molecule has 4 rings (SSSR count). The highest BCUT2D eigenvalue weighted by molar-refractivity contribution is 5.87. The van der Waals surface area contributed by atoms with Crippen molar-refractivity contribution in [1.82, 2.24) is 0 Å². The standard InChI is InChI=1S/C20H16N2O2/c21-13-17-18(22-9-3-4-10-22)12-19(24-20(17)23)16-8-7-14-5-1-2-6-15(14)11-16/h1-2,5-8,11-12H,3-4,9-10H2. The van der Waals surface area contributed by atoms with Crippen molar-refractivity contribution in [3.63, 3.8) is 0 Å². The van der Waals surface area contributed by atoms with Crippen LogP contribution in [0.1, 0.15) is 18.4 Å². The van der Waals surface area contributed by atoms with Gasteiger partial charge in [0.1, 0.15) is 11.8 Å². The molecule has 0 bridgehead atoms. The lowest BCUT2D eigenvalue weighted by molar-refractivity contribution is 0.523. The number of fused-ring (bicyclic) bond motifs is 1. The predicted octanol–water partition coefficient (Wildman–Crippen LogP) is 3.93. The molecule has 0 saturated carbocycles. The SMILES string of the molecule is N#Cc1c(N2CCCC2)cc(-c2ccc3ccccc3c2)oc1=O. The average Bonchev–Trinajstić information content (AvgIpc) is 3.15. The summed E-state index contributed by atoms with van der Waals surface area (Å²) in [5.74, 6) is 0.506. The molecule has 1 fully saturated rings. The molecule has 118 valence electrons. The van der Waals surface area contributed by atoms with E-state index in [1.54, 1.807) is 0 Å². The molecule has 0 N–H and O–H groups in total. The van der Waals surface area contributed by atoms with Crippen LogP contribution in [0, 0.1) is 11.3 Å². The maximum absolute atomic E-state index is 12.3. The summed E-state index contributed by atoms with van der Waals surface area (Å²) in [6.07, 6.45) is 2.16. The number of benzene rings is 2. The van der Waals surface area contributed by atoms with Gasteiger partial charge in [0.05, 0.1) is 5.69 Å². The molecule has 3 aromatic rings. The third kappa shape index (κ3) is 2.44. The van der Waals surface area contributed by atoms with Gasteiger partial charge in [-0.25, -0.2) is 4.79 Å². The van der Waals surface area contributed by atoms with Gasteiger partial charge in [-0.1, -0.05) is 36.4 Å². The van der Waals surface area contributed by atoms with Gasteiger partial charge < -0.3 is 9.32 Å². The first kappa shape index (κ1) is 14.5. The molecule has 0 radical (unpaired) electrons. The fraction of sp³-hybridized carbons (Fsp3) is 0.200. The first-order valence-corrected chi connectivity index (χ1v) is 8.08. The van der Waals surface area contributed by atoms with Crippen LogP contribution in [0.3, 0.4) is 0 Å². The van der Waals surface area contributed by atoms with Crippen molar-refractivity contribution in [2.24, 2.45) is 0 Å². The van der Waals surface area contributed by atoms with E-state index in [1.165, 1.54) is 0 Å². The smallest absolute Gasteiger partial charge is 0.356 e. The Morgan fingerprint density at radius 1 is 1.00 bits per heavy atom. The first-order chi connectivity index (χ1) is 11.8. The third-order valence-electron chi connectivity index (χ3n) is 4.52. The van der Waals surface area contributed by atoms with E-state index in [4.69, 9.17) is 4.42 Å². The zero-order valence-electron chi connectivity index (χ0n) is 13.2. The fourth-order valence-corrected chi connectivity index (χ4v) is 3.28. The normalized spacial score (nSPS) is 14.0. The molecule has 1 saturated heterocycles. The molecular formula is C20H16N2O2. The van der Waals surface area contributed by atoms with Crippen LogP contribution < -0.4 is 10.5 Å². The lowest BCUT2D eigenvalue weighted by Gasteiger charge is -2.18. The van der Waals surface area contributed by atoms with Crippen molar-refractivity contribution in [2.75, 3.05) is 18.0 Å². The van der Waals surface area contributed by atoms with Gasteiger partial charge >= 0.3 is 5.63 Å². The number of nitrogens with zero attached hydrogens (tertiary/aromatic N) is 2. The summed E-state index contributed by atoms with van der Waals surface area (Å²) in [5, 5.41) is 11.5. The van der Waals surface area contributed by atoms with Gasteiger partial charge in [0.2, 0.25) is 0 Å². The number of hydrogen-bond donors (Lipinski definition) is 0. The molecule has 0 atom stereocenters. The predicted molar refractivity (Wildman–Crippen MR) is 94.1 cm³/mol. The maximum atomic E-state index is 12.3. The molecule has 0 aliphatic carbocycles. The van der Waals surface area contributed by atoms with Crippen LogP contribution in [0.2, 0.25) is 0 Å². The highest BCUT2D eigenvalue weighted by atomic mass is 16.4. The van der Waals surface area contributed by atoms with E-state index < -0.39 is 5.63 Å². The number of nitriles is 1. The van der Waals surface area contributed by atoms with Gasteiger partial charge in [-0.3, -0.25) is 0 Å². The maximum Gasteiger partial charge on any atom is 0.356 e. The van der Waals surface area contributed by atoms with E-state index in [1.807, 2.05) is 54.6 Å². The summed E-state index contributed by atoms with van der Waals surface area (Å²) in [7, 11) is 0. The van der Waals surface area contributed by atoms with Crippen LogP contribution in [0.25, 0.3) is 22.1 Å². The Morgan fingerprint density at radius 3 is 2.50 bits per heavy atom. The number of hydrogen-bond acceptors (Lipinski definition) is 4. The summed E-state index contributed by atoms with van der Waals surface area (Å²) < 4.78 is 5.43. The van der Waals surface area contributed by atoms with E-state index in [0.29, 0.717) is 11.4 Å². The highest BCUT2D eigenvalue weighted by Crippen LogP contribution is 2.29. The molecule has 0 amide bonds. The van der Waals surface area contributed by atoms with Crippen LogP contribution in [0.5, 0.6) is 0 Å². The summed E-state index contributed by atoms with van der Waals surface area (Å²) in [4.78, 5) is 14.4. The van der Waals surface area contributed by atoms with Crippen LogP contribution >= 0.6 is 0 Å². The second-order valence-corrected chi connectivity index (χ2v) is 6.03. The van der Waals surface area contributed by atoms with Gasteiger partial charge in [-0.2, -0.15) is 5.26 Å². The van der Waals surface area contributed by atoms with E-state index in [2.05, 4.69) is 4.90 Å². The Labute approximate surface area is 139 Å². The van der Waals surface area contributed by atoms with Crippen molar-refractivity contribution in [2.45, 2.75) is 12.8 Å². The minimum absolute atomic E-state index is 0.0986. The minimum Gasteiger partial charge on any atom is -0.422 e. The fourth-order valence-electron chi connectivity index (χ4n) is 3.28. The molecule has 2 aromatic carbocycles. The van der Waals surface area contributed by atoms with Crippen molar-refractivity contribution in [3.05, 3.63) is 64.5 Å². The lowest BCUT2D eigenvalue weighted by atomic mass is 10.0. The van der Waals surface area contributed by atoms with Crippen LogP contribution in [0.15, 0.2) is 57.7 Å². The zero-order chi connectivity index (χ0) is 16.5. The molecular weight excluding hydrogens is 300 g/mol. The van der Waals surface area contributed by atoms with Crippen LogP contribution in [0.4, 0.5) is 5.69 Å². The monoisotopic (exact) mass is 316 g/mol. The van der Waals surface area contributed by atoms with Gasteiger partial charge in [-0.15, -0.1) is 0 Å². The van der Waals surface area contributed by atoms with Crippen molar-refractivity contribution in [3.8, 4) is 17.4 Å². The van der Waals surface area contributed by atoms with Crippen molar-refractivity contribution in [1.29, 1.82) is 5.26 Å². The van der Waals surface area contributed by atoms with Gasteiger partial charge in [0.25, 0.3) is 0 Å². The van der Waals surface area contributed by atoms with E-state index in [0.717, 1.165) is 42.3 Å². The third-order valence-corrected chi connectivity index (χ3v) is 4.52. The summed E-state index contributed by atoms with van der Waals surface area (Å²) in [6, 6.07) is 17.8. The average molecular weight is 316 g/mol. The topological polar surface area (TPSA) is 57.2 Å². The second kappa shape index (κ2) is 5.86. The zero-order valence-corrected chi connectivity index (χ0v) is 13.2. The second-order valence-electron chi connectivity index (χ2n) is 6.03. The van der Waals surface area contributed by atoms with E-state index in [-0.39, 0.29) is 5.56 Å². The lowest BCUT2D eigenvalue weighted by Crippen LogP contribution is -2.22. The summed E-state index contributed by atoms with van der Waals surface area (Å²) in [6.45, 7) is 1.74.